The number of nitrogens with one attached hydrogen (secondary N) is 2. The van der Waals surface area contributed by atoms with Gasteiger partial charge in [-0.1, -0.05) is 29.3 Å². The molecule has 1 atom stereocenters. The zero-order valence-electron chi connectivity index (χ0n) is 15.8. The fraction of sp³-hybridized carbons (Fsp3) is 0.250. The predicted octanol–water partition coefficient (Wildman–Crippen LogP) is 3.61. The summed E-state index contributed by atoms with van der Waals surface area (Å²) < 4.78 is 0. The van der Waals surface area contributed by atoms with Crippen LogP contribution in [0.25, 0.3) is 16.6 Å². The normalized spacial score (nSPS) is 15.2. The lowest BCUT2D eigenvalue weighted by Gasteiger charge is -2.26. The molecule has 0 bridgehead atoms. The smallest absolute Gasteiger partial charge is 0.324 e. The summed E-state index contributed by atoms with van der Waals surface area (Å²) in [7, 11) is 0. The highest BCUT2D eigenvalue weighted by molar-refractivity contribution is 6.32. The summed E-state index contributed by atoms with van der Waals surface area (Å²) >= 11 is 12.3. The number of halogens is 2. The number of H-pyrrole nitrogens is 1. The van der Waals surface area contributed by atoms with Gasteiger partial charge in [0.2, 0.25) is 5.95 Å². The minimum absolute atomic E-state index is 0.268. The van der Waals surface area contributed by atoms with Gasteiger partial charge < -0.3 is 20.1 Å². The minimum atomic E-state index is -1.02. The number of aromatic amines is 1. The van der Waals surface area contributed by atoms with Crippen LogP contribution in [0, 0.1) is 0 Å². The molecule has 30 heavy (non-hydrogen) atoms. The van der Waals surface area contributed by atoms with Crippen LogP contribution in [-0.2, 0) is 0 Å². The number of pyridine rings is 1. The Morgan fingerprint density at radius 1 is 1.33 bits per heavy atom. The van der Waals surface area contributed by atoms with E-state index in [9.17, 15) is 9.90 Å². The predicted molar refractivity (Wildman–Crippen MR) is 116 cm³/mol. The number of hydrogen-bond acceptors (Lipinski definition) is 5. The van der Waals surface area contributed by atoms with Crippen molar-refractivity contribution >= 4 is 51.8 Å². The number of aliphatic hydroxyl groups excluding tert-OH is 2. The van der Waals surface area contributed by atoms with E-state index in [1.807, 2.05) is 6.08 Å². The summed E-state index contributed by atoms with van der Waals surface area (Å²) in [6.07, 6.45) is 2.96. The van der Waals surface area contributed by atoms with Crippen molar-refractivity contribution in [3.05, 3.63) is 57.8 Å². The highest BCUT2D eigenvalue weighted by Gasteiger charge is 2.21. The SMILES string of the molecule is O=C(Nc1nc2ccc(Cl)cc2[nH]1)N1CC=C(c2ncc([C@@H](O)CO)cc2Cl)CC1. The molecule has 1 aliphatic heterocycles. The number of benzene rings is 1. The summed E-state index contributed by atoms with van der Waals surface area (Å²) in [5, 5.41) is 22.5. The highest BCUT2D eigenvalue weighted by atomic mass is 35.5. The molecular formula is C20H19Cl2N5O3. The first-order valence-corrected chi connectivity index (χ1v) is 10.0. The summed E-state index contributed by atoms with van der Waals surface area (Å²) in [4.78, 5) is 25.9. The molecule has 0 aliphatic carbocycles. The molecule has 1 aliphatic rings. The second-order valence-electron chi connectivity index (χ2n) is 6.90. The number of hydrogen-bond donors (Lipinski definition) is 4. The van der Waals surface area contributed by atoms with Crippen LogP contribution in [0.1, 0.15) is 23.8 Å². The van der Waals surface area contributed by atoms with Crippen molar-refractivity contribution < 1.29 is 15.0 Å². The molecule has 8 nitrogen and oxygen atoms in total. The second-order valence-corrected chi connectivity index (χ2v) is 7.74. The van der Waals surface area contributed by atoms with Crippen molar-refractivity contribution in [2.45, 2.75) is 12.5 Å². The van der Waals surface area contributed by atoms with Gasteiger partial charge in [0.15, 0.2) is 0 Å². The van der Waals surface area contributed by atoms with Crippen LogP contribution in [-0.4, -0.2) is 55.8 Å². The molecule has 1 aromatic carbocycles. The van der Waals surface area contributed by atoms with E-state index >= 15 is 0 Å². The third-order valence-electron chi connectivity index (χ3n) is 4.89. The van der Waals surface area contributed by atoms with Crippen LogP contribution in [0.15, 0.2) is 36.5 Å². The van der Waals surface area contributed by atoms with Crippen LogP contribution in [0.4, 0.5) is 10.7 Å². The van der Waals surface area contributed by atoms with Gasteiger partial charge in [-0.15, -0.1) is 0 Å². The number of anilines is 1. The minimum Gasteiger partial charge on any atom is -0.393 e. The lowest BCUT2D eigenvalue weighted by atomic mass is 10.0. The molecule has 0 radical (unpaired) electrons. The summed E-state index contributed by atoms with van der Waals surface area (Å²) in [6.45, 7) is 0.484. The standard InChI is InChI=1S/C20H19Cl2N5O3/c21-13-1-2-15-16(8-13)25-19(24-15)26-20(30)27-5-3-11(4-6-27)18-14(22)7-12(9-23-18)17(29)10-28/h1-3,7-9,17,28-29H,4-6,10H2,(H2,24,25,26,30)/t17-/m0/s1. The van der Waals surface area contributed by atoms with E-state index in [1.54, 1.807) is 29.2 Å². The largest absolute Gasteiger partial charge is 0.393 e. The van der Waals surface area contributed by atoms with Crippen molar-refractivity contribution in [2.75, 3.05) is 25.0 Å². The molecule has 0 saturated heterocycles. The number of rotatable bonds is 4. The summed E-state index contributed by atoms with van der Waals surface area (Å²) in [6, 6.07) is 6.59. The summed E-state index contributed by atoms with van der Waals surface area (Å²) in [5.41, 5.74) is 3.45. The van der Waals surface area contributed by atoms with E-state index in [1.165, 1.54) is 6.20 Å². The lowest BCUT2D eigenvalue weighted by Crippen LogP contribution is -2.38. The van der Waals surface area contributed by atoms with E-state index in [4.69, 9.17) is 28.3 Å². The average molecular weight is 448 g/mol. The van der Waals surface area contributed by atoms with Crippen LogP contribution >= 0.6 is 23.2 Å². The van der Waals surface area contributed by atoms with Gasteiger partial charge in [0.1, 0.15) is 6.10 Å². The first kappa shape index (κ1) is 20.6. The quantitative estimate of drug-likeness (QED) is 0.487. The first-order chi connectivity index (χ1) is 14.4. The zero-order chi connectivity index (χ0) is 21.3. The van der Waals surface area contributed by atoms with Crippen molar-refractivity contribution in [1.29, 1.82) is 0 Å². The number of carbonyl (C=O) groups excluding carboxylic acids is 1. The third-order valence-corrected chi connectivity index (χ3v) is 5.41. The maximum Gasteiger partial charge on any atom is 0.324 e. The second kappa shape index (κ2) is 8.61. The Morgan fingerprint density at radius 3 is 2.87 bits per heavy atom. The number of imidazole rings is 1. The maximum atomic E-state index is 12.6. The molecule has 2 amide bonds. The van der Waals surface area contributed by atoms with Gasteiger partial charge in [-0.25, -0.2) is 9.78 Å². The number of amides is 2. The third kappa shape index (κ3) is 4.27. The topological polar surface area (TPSA) is 114 Å². The Balaban J connectivity index is 1.43. The van der Waals surface area contributed by atoms with Crippen molar-refractivity contribution in [3.63, 3.8) is 0 Å². The van der Waals surface area contributed by atoms with Crippen LogP contribution in [0.5, 0.6) is 0 Å². The molecule has 3 heterocycles. The zero-order valence-corrected chi connectivity index (χ0v) is 17.3. The molecule has 10 heteroatoms. The first-order valence-electron chi connectivity index (χ1n) is 9.29. The monoisotopic (exact) mass is 447 g/mol. The van der Waals surface area contributed by atoms with Crippen molar-refractivity contribution in [2.24, 2.45) is 0 Å². The van der Waals surface area contributed by atoms with Crippen LogP contribution in [0.2, 0.25) is 10.0 Å². The van der Waals surface area contributed by atoms with Gasteiger partial charge >= 0.3 is 6.03 Å². The Bertz CT molecular complexity index is 1130. The van der Waals surface area contributed by atoms with Gasteiger partial charge in [0.05, 0.1) is 28.4 Å². The molecule has 4 N–H and O–H groups in total. The molecule has 0 fully saturated rings. The highest BCUT2D eigenvalue weighted by Crippen LogP contribution is 2.29. The van der Waals surface area contributed by atoms with Gasteiger partial charge in [0.25, 0.3) is 0 Å². The Labute approximate surface area is 182 Å². The number of nitrogens with zero attached hydrogens (tertiary/aromatic N) is 3. The van der Waals surface area contributed by atoms with E-state index in [-0.39, 0.29) is 6.03 Å². The average Bonchev–Trinajstić information content (AvgIpc) is 3.14. The number of aromatic nitrogens is 3. The van der Waals surface area contributed by atoms with E-state index in [0.717, 1.165) is 11.1 Å². The fourth-order valence-corrected chi connectivity index (χ4v) is 3.73. The number of aliphatic hydroxyl groups is 2. The number of fused-ring (bicyclic) bond motifs is 1. The molecular weight excluding hydrogens is 429 g/mol. The molecule has 0 saturated carbocycles. The Hall–Kier alpha value is -2.65. The Morgan fingerprint density at radius 2 is 2.17 bits per heavy atom. The molecule has 156 valence electrons. The van der Waals surface area contributed by atoms with Gasteiger partial charge in [-0.05, 0) is 36.3 Å². The van der Waals surface area contributed by atoms with Gasteiger partial charge in [-0.2, -0.15) is 0 Å². The van der Waals surface area contributed by atoms with Gasteiger partial charge in [0, 0.05) is 29.9 Å². The van der Waals surface area contributed by atoms with E-state index in [0.29, 0.717) is 52.3 Å². The van der Waals surface area contributed by atoms with Crippen LogP contribution < -0.4 is 5.32 Å². The molecule has 3 aromatic rings. The maximum absolute atomic E-state index is 12.6. The molecule has 4 rings (SSSR count). The van der Waals surface area contributed by atoms with Crippen molar-refractivity contribution in [3.8, 4) is 0 Å². The fourth-order valence-electron chi connectivity index (χ4n) is 3.27. The number of urea groups is 1. The van der Waals surface area contributed by atoms with Gasteiger partial charge in [-0.3, -0.25) is 10.3 Å². The summed E-state index contributed by atoms with van der Waals surface area (Å²) in [5.74, 6) is 0.356. The van der Waals surface area contributed by atoms with Crippen molar-refractivity contribution in [1.82, 2.24) is 19.9 Å². The molecule has 0 spiro atoms. The molecule has 2 aromatic heterocycles. The van der Waals surface area contributed by atoms with E-state index in [2.05, 4.69) is 20.3 Å². The number of carbonyl (C=O) groups is 1. The van der Waals surface area contributed by atoms with Crippen LogP contribution in [0.3, 0.4) is 0 Å². The molecule has 0 unspecified atom stereocenters. The Kier molecular flexibility index (Phi) is 5.92. The van der Waals surface area contributed by atoms with E-state index < -0.39 is 12.7 Å². The lowest BCUT2D eigenvalue weighted by molar-refractivity contribution is 0.0953.